The Morgan fingerprint density at radius 3 is 2.47 bits per heavy atom. The van der Waals surface area contributed by atoms with Gasteiger partial charge in [-0.25, -0.2) is 0 Å². The summed E-state index contributed by atoms with van der Waals surface area (Å²) >= 11 is 11.2. The summed E-state index contributed by atoms with van der Waals surface area (Å²) < 4.78 is 16.3. The van der Waals surface area contributed by atoms with Crippen LogP contribution >= 0.6 is 23.8 Å². The quantitative estimate of drug-likeness (QED) is 0.300. The van der Waals surface area contributed by atoms with E-state index in [1.54, 1.807) is 48.5 Å². The number of thiocarbonyl (C=S) groups is 1. The van der Waals surface area contributed by atoms with E-state index in [-0.39, 0.29) is 23.3 Å². The van der Waals surface area contributed by atoms with Crippen LogP contribution in [0.5, 0.6) is 23.0 Å². The molecular weight excluding hydrogens is 430 g/mol. The molecule has 0 atom stereocenters. The number of anilines is 2. The van der Waals surface area contributed by atoms with Crippen molar-refractivity contribution in [3.8, 4) is 23.0 Å². The summed E-state index contributed by atoms with van der Waals surface area (Å²) in [7, 11) is 0. The third-order valence-electron chi connectivity index (χ3n) is 4.04. The van der Waals surface area contributed by atoms with Crippen molar-refractivity contribution >= 4 is 46.0 Å². The molecule has 152 valence electrons. The van der Waals surface area contributed by atoms with Crippen molar-refractivity contribution < 1.29 is 19.1 Å². The number of nitrogens with zero attached hydrogens (tertiary/aromatic N) is 1. The Morgan fingerprint density at radius 1 is 0.967 bits per heavy atom. The molecule has 3 aromatic rings. The summed E-state index contributed by atoms with van der Waals surface area (Å²) in [6, 6.07) is 16.3. The number of halogens is 1. The number of fused-ring (bicyclic) bond motifs is 1. The zero-order valence-corrected chi connectivity index (χ0v) is 16.8. The highest BCUT2D eigenvalue weighted by Crippen LogP contribution is 2.34. The first-order chi connectivity index (χ1) is 14.5. The van der Waals surface area contributed by atoms with Crippen molar-refractivity contribution in [1.82, 2.24) is 0 Å². The average Bonchev–Trinajstić information content (AvgIpc) is 3.17. The van der Waals surface area contributed by atoms with Gasteiger partial charge in [-0.3, -0.25) is 10.1 Å². The van der Waals surface area contributed by atoms with Crippen molar-refractivity contribution in [2.45, 2.75) is 0 Å². The number of nitro groups is 1. The number of non-ortho nitro benzene ring substituents is 1. The molecule has 1 heterocycles. The summed E-state index contributed by atoms with van der Waals surface area (Å²) in [4.78, 5) is 10.8. The van der Waals surface area contributed by atoms with E-state index in [4.69, 9.17) is 38.0 Å². The van der Waals surface area contributed by atoms with Crippen molar-refractivity contribution in [2.24, 2.45) is 0 Å². The Hall–Kier alpha value is -3.56. The van der Waals surface area contributed by atoms with Crippen molar-refractivity contribution in [3.63, 3.8) is 0 Å². The summed E-state index contributed by atoms with van der Waals surface area (Å²) in [5.74, 6) is 2.03. The van der Waals surface area contributed by atoms with Gasteiger partial charge in [-0.05, 0) is 48.6 Å². The van der Waals surface area contributed by atoms with Crippen LogP contribution in [0.3, 0.4) is 0 Å². The number of ether oxygens (including phenoxy) is 3. The second kappa shape index (κ2) is 8.44. The van der Waals surface area contributed by atoms with Crippen molar-refractivity contribution in [3.05, 3.63) is 75.8 Å². The van der Waals surface area contributed by atoms with E-state index in [1.807, 2.05) is 0 Å². The largest absolute Gasteiger partial charge is 0.457 e. The minimum absolute atomic E-state index is 0.144. The third-order valence-corrected chi connectivity index (χ3v) is 4.50. The SMILES string of the molecule is O=[N+]([O-])c1cc(NC(=S)Nc2ccc3c(c2)OCO3)cc(Oc2ccc(Cl)cc2)c1. The van der Waals surface area contributed by atoms with E-state index in [2.05, 4.69) is 10.6 Å². The molecule has 2 N–H and O–H groups in total. The summed E-state index contributed by atoms with van der Waals surface area (Å²) in [5.41, 5.74) is 0.932. The van der Waals surface area contributed by atoms with E-state index < -0.39 is 4.92 Å². The van der Waals surface area contributed by atoms with Crippen LogP contribution in [-0.4, -0.2) is 16.8 Å². The molecule has 0 spiro atoms. The second-order valence-corrected chi connectivity index (χ2v) is 7.02. The third kappa shape index (κ3) is 4.70. The molecule has 3 aromatic carbocycles. The standard InChI is InChI=1S/C20H14ClN3O5S/c21-12-1-4-16(5-2-12)29-17-8-14(7-15(10-17)24(25)26)23-20(30)22-13-3-6-18-19(9-13)28-11-27-18/h1-10H,11H2,(H2,22,23,30). The van der Waals surface area contributed by atoms with Gasteiger partial charge in [0.1, 0.15) is 11.5 Å². The van der Waals surface area contributed by atoms with E-state index in [1.165, 1.54) is 12.1 Å². The lowest BCUT2D eigenvalue weighted by atomic mass is 10.2. The number of benzene rings is 3. The predicted octanol–water partition coefficient (Wildman–Crippen LogP) is 5.58. The maximum atomic E-state index is 11.3. The van der Waals surface area contributed by atoms with Crippen LogP contribution in [0.25, 0.3) is 0 Å². The zero-order valence-electron chi connectivity index (χ0n) is 15.3. The average molecular weight is 444 g/mol. The molecule has 4 rings (SSSR count). The van der Waals surface area contributed by atoms with Gasteiger partial charge < -0.3 is 24.8 Å². The number of hydrogen-bond acceptors (Lipinski definition) is 6. The molecule has 30 heavy (non-hydrogen) atoms. The van der Waals surface area contributed by atoms with E-state index >= 15 is 0 Å². The molecular formula is C20H14ClN3O5S. The van der Waals surface area contributed by atoms with E-state index in [0.717, 1.165) is 0 Å². The monoisotopic (exact) mass is 443 g/mol. The fraction of sp³-hybridized carbons (Fsp3) is 0.0500. The Labute approximate surface area is 181 Å². The highest BCUT2D eigenvalue weighted by Gasteiger charge is 2.15. The number of hydrogen-bond donors (Lipinski definition) is 2. The van der Waals surface area contributed by atoms with Crippen molar-refractivity contribution in [2.75, 3.05) is 17.4 Å². The number of rotatable bonds is 5. The Morgan fingerprint density at radius 2 is 1.70 bits per heavy atom. The lowest BCUT2D eigenvalue weighted by molar-refractivity contribution is -0.384. The Balaban J connectivity index is 1.50. The van der Waals surface area contributed by atoms with E-state index in [0.29, 0.717) is 33.6 Å². The number of nitro benzene ring substituents is 1. The fourth-order valence-corrected chi connectivity index (χ4v) is 3.09. The number of nitrogens with one attached hydrogen (secondary N) is 2. The first kappa shape index (κ1) is 19.7. The molecule has 0 bridgehead atoms. The van der Waals surface area contributed by atoms with Gasteiger partial charge in [-0.15, -0.1) is 0 Å². The minimum Gasteiger partial charge on any atom is -0.457 e. The van der Waals surface area contributed by atoms with Crippen LogP contribution in [0.1, 0.15) is 0 Å². The molecule has 0 amide bonds. The van der Waals surface area contributed by atoms with Crippen molar-refractivity contribution in [1.29, 1.82) is 0 Å². The predicted molar refractivity (Wildman–Crippen MR) is 117 cm³/mol. The molecule has 0 fully saturated rings. The summed E-state index contributed by atoms with van der Waals surface area (Å²) in [6.45, 7) is 0.172. The van der Waals surface area contributed by atoms with Crippen LogP contribution in [0.15, 0.2) is 60.7 Å². The first-order valence-corrected chi connectivity index (χ1v) is 9.45. The van der Waals surface area contributed by atoms with Crippen LogP contribution in [-0.2, 0) is 0 Å². The molecule has 0 saturated heterocycles. The first-order valence-electron chi connectivity index (χ1n) is 8.67. The minimum atomic E-state index is -0.506. The Bertz CT molecular complexity index is 1120. The lowest BCUT2D eigenvalue weighted by Gasteiger charge is -2.12. The van der Waals surface area contributed by atoms with Gasteiger partial charge in [0.25, 0.3) is 5.69 Å². The molecule has 0 saturated carbocycles. The molecule has 0 unspecified atom stereocenters. The van der Waals surface area contributed by atoms with Gasteiger partial charge in [0, 0.05) is 28.9 Å². The Kier molecular flexibility index (Phi) is 5.55. The molecule has 8 nitrogen and oxygen atoms in total. The maximum absolute atomic E-state index is 11.3. The maximum Gasteiger partial charge on any atom is 0.275 e. The molecule has 0 aromatic heterocycles. The molecule has 10 heteroatoms. The van der Waals surface area contributed by atoms with Crippen LogP contribution < -0.4 is 24.8 Å². The zero-order chi connectivity index (χ0) is 21.1. The molecule has 1 aliphatic heterocycles. The molecule has 1 aliphatic rings. The van der Waals surface area contributed by atoms with E-state index in [9.17, 15) is 10.1 Å². The van der Waals surface area contributed by atoms with Gasteiger partial charge in [-0.2, -0.15) is 0 Å². The van der Waals surface area contributed by atoms with Gasteiger partial charge in [0.2, 0.25) is 6.79 Å². The van der Waals surface area contributed by atoms with Gasteiger partial charge in [-0.1, -0.05) is 11.6 Å². The highest BCUT2D eigenvalue weighted by molar-refractivity contribution is 7.80. The fourth-order valence-electron chi connectivity index (χ4n) is 2.73. The van der Waals surface area contributed by atoms with Gasteiger partial charge in [0.15, 0.2) is 16.6 Å². The normalized spacial score (nSPS) is 11.6. The van der Waals surface area contributed by atoms with Crippen LogP contribution in [0, 0.1) is 10.1 Å². The topological polar surface area (TPSA) is 94.9 Å². The molecule has 0 aliphatic carbocycles. The molecule has 0 radical (unpaired) electrons. The van der Waals surface area contributed by atoms with Crippen LogP contribution in [0.2, 0.25) is 5.02 Å². The van der Waals surface area contributed by atoms with Gasteiger partial charge in [0.05, 0.1) is 16.7 Å². The summed E-state index contributed by atoms with van der Waals surface area (Å²) in [6.07, 6.45) is 0. The van der Waals surface area contributed by atoms with Crippen LogP contribution in [0.4, 0.5) is 17.1 Å². The highest BCUT2D eigenvalue weighted by atomic mass is 35.5. The second-order valence-electron chi connectivity index (χ2n) is 6.18. The van der Waals surface area contributed by atoms with Gasteiger partial charge >= 0.3 is 0 Å². The lowest BCUT2D eigenvalue weighted by Crippen LogP contribution is -2.19. The summed E-state index contributed by atoms with van der Waals surface area (Å²) in [5, 5.41) is 18.1. The smallest absolute Gasteiger partial charge is 0.275 e.